The molecule has 0 saturated carbocycles. The van der Waals surface area contributed by atoms with Gasteiger partial charge in [-0.1, -0.05) is 62.2 Å². The number of halogens is 1. The van der Waals surface area contributed by atoms with Crippen molar-refractivity contribution in [2.24, 2.45) is 0 Å². The van der Waals surface area contributed by atoms with Crippen molar-refractivity contribution in [3.8, 4) is 34.0 Å². The van der Waals surface area contributed by atoms with Gasteiger partial charge in [0.15, 0.2) is 0 Å². The lowest BCUT2D eigenvalue weighted by Crippen LogP contribution is -2.18. The minimum absolute atomic E-state index is 0.0465. The van der Waals surface area contributed by atoms with Crippen LogP contribution in [0.2, 0.25) is 0 Å². The molecule has 1 heterocycles. The van der Waals surface area contributed by atoms with Crippen LogP contribution in [0.25, 0.3) is 22.4 Å². The van der Waals surface area contributed by atoms with E-state index in [0.717, 1.165) is 28.1 Å². The van der Waals surface area contributed by atoms with Crippen LogP contribution in [0, 0.1) is 17.4 Å². The number of benzene rings is 2. The van der Waals surface area contributed by atoms with Gasteiger partial charge in [-0.05, 0) is 48.7 Å². The van der Waals surface area contributed by atoms with E-state index in [1.807, 2.05) is 30.3 Å². The highest BCUT2D eigenvalue weighted by molar-refractivity contribution is 7.64. The fourth-order valence-electron chi connectivity index (χ4n) is 4.54. The molecule has 0 radical (unpaired) electrons. The predicted molar refractivity (Wildman–Crippen MR) is 149 cm³/mol. The highest BCUT2D eigenvalue weighted by atomic mass is 31.2. The van der Waals surface area contributed by atoms with Crippen LogP contribution in [-0.2, 0) is 18.6 Å². The Morgan fingerprint density at radius 1 is 1.03 bits per heavy atom. The first-order chi connectivity index (χ1) is 18.0. The van der Waals surface area contributed by atoms with Crippen LogP contribution in [0.4, 0.5) is 4.39 Å². The minimum Gasteiger partial charge on any atom is -0.469 e. The molecule has 38 heavy (non-hydrogen) atoms. The number of hydrogen-bond donors (Lipinski definition) is 1. The van der Waals surface area contributed by atoms with Gasteiger partial charge in [-0.25, -0.2) is 4.39 Å². The summed E-state index contributed by atoms with van der Waals surface area (Å²) in [5, 5.41) is 10.3. The number of nitrogens with zero attached hydrogens (tertiary/aromatic N) is 1. The number of carbonyl (C=O) groups is 1. The Labute approximate surface area is 224 Å². The first kappa shape index (κ1) is 29.4. The molecule has 202 valence electrons. The molecule has 1 aromatic heterocycles. The monoisotopic (exact) mass is 539 g/mol. The molecular formula is C30H35FNO5P. The van der Waals surface area contributed by atoms with Crippen molar-refractivity contribution < 1.29 is 28.1 Å². The Morgan fingerprint density at radius 2 is 1.66 bits per heavy atom. The van der Waals surface area contributed by atoms with E-state index in [1.54, 1.807) is 12.1 Å². The largest absolute Gasteiger partial charge is 0.469 e. The van der Waals surface area contributed by atoms with Crippen molar-refractivity contribution in [2.45, 2.75) is 52.2 Å². The van der Waals surface area contributed by atoms with Gasteiger partial charge >= 0.3 is 5.97 Å². The van der Waals surface area contributed by atoms with Gasteiger partial charge < -0.3 is 18.9 Å². The van der Waals surface area contributed by atoms with E-state index < -0.39 is 19.4 Å². The van der Waals surface area contributed by atoms with Crippen LogP contribution >= 0.6 is 7.37 Å². The van der Waals surface area contributed by atoms with Crippen molar-refractivity contribution >= 4 is 13.3 Å². The lowest BCUT2D eigenvalue weighted by atomic mass is 9.95. The maximum absolute atomic E-state index is 13.9. The molecule has 1 N–H and O–H groups in total. The third-order valence-electron chi connectivity index (χ3n) is 6.21. The number of hydrogen-bond acceptors (Lipinski definition) is 5. The molecule has 0 bridgehead atoms. The van der Waals surface area contributed by atoms with Gasteiger partial charge in [0.2, 0.25) is 0 Å². The summed E-state index contributed by atoms with van der Waals surface area (Å²) >= 11 is 0. The number of aliphatic hydroxyl groups is 1. The molecule has 2 aromatic carbocycles. The Hall–Kier alpha value is -3.17. The SMILES string of the molecule is COC(=O)C[C@H](O)CP(=O)(C#Cc1c(-c2ccc(F)cc2)c(-c2ccccc2)n(C(C)C)c1C(C)C)OC. The summed E-state index contributed by atoms with van der Waals surface area (Å²) in [6, 6.07) is 16.2. The van der Waals surface area contributed by atoms with Crippen molar-refractivity contribution in [1.29, 1.82) is 0 Å². The van der Waals surface area contributed by atoms with E-state index in [2.05, 4.69) is 48.6 Å². The fourth-order valence-corrected chi connectivity index (χ4v) is 5.84. The third-order valence-corrected chi connectivity index (χ3v) is 8.16. The van der Waals surface area contributed by atoms with Crippen LogP contribution in [0.15, 0.2) is 54.6 Å². The van der Waals surface area contributed by atoms with E-state index in [4.69, 9.17) is 4.52 Å². The van der Waals surface area contributed by atoms with Crippen molar-refractivity contribution in [2.75, 3.05) is 20.4 Å². The first-order valence-corrected chi connectivity index (χ1v) is 14.3. The zero-order chi connectivity index (χ0) is 28.0. The van der Waals surface area contributed by atoms with E-state index >= 15 is 0 Å². The molecule has 0 spiro atoms. The van der Waals surface area contributed by atoms with E-state index in [1.165, 1.54) is 26.4 Å². The lowest BCUT2D eigenvalue weighted by molar-refractivity contribution is -0.142. The summed E-state index contributed by atoms with van der Waals surface area (Å²) in [5.41, 5.74) is 7.91. The highest BCUT2D eigenvalue weighted by Gasteiger charge is 2.29. The Bertz CT molecular complexity index is 1370. The number of carbonyl (C=O) groups excluding carboxylic acids is 1. The number of aromatic nitrogens is 1. The Kier molecular flexibility index (Phi) is 9.73. The molecule has 8 heteroatoms. The van der Waals surface area contributed by atoms with Crippen LogP contribution in [0.5, 0.6) is 0 Å². The highest BCUT2D eigenvalue weighted by Crippen LogP contribution is 2.47. The number of rotatable bonds is 9. The van der Waals surface area contributed by atoms with Crippen molar-refractivity contribution in [3.63, 3.8) is 0 Å². The molecule has 0 amide bonds. The van der Waals surface area contributed by atoms with Gasteiger partial charge in [0.25, 0.3) is 7.37 Å². The summed E-state index contributed by atoms with van der Waals surface area (Å²) in [5.74, 6) is 2.23. The fraction of sp³-hybridized carbons (Fsp3) is 0.367. The molecule has 0 aliphatic heterocycles. The molecular weight excluding hydrogens is 504 g/mol. The summed E-state index contributed by atoms with van der Waals surface area (Å²) in [6.07, 6.45) is -1.86. The van der Waals surface area contributed by atoms with E-state index in [-0.39, 0.29) is 30.4 Å². The standard InChI is InChI=1S/C30H35FNO5P/c1-20(2)29-26(16-17-38(35,37-6)19-25(33)18-27(34)36-5)28(22-12-14-24(31)15-13-22)30(32(29)21(3)4)23-10-8-7-9-11-23/h7-15,20-21,25,33H,18-19H2,1-6H3/t25-,38?/m0/s1. The van der Waals surface area contributed by atoms with Gasteiger partial charge in [0, 0.05) is 24.4 Å². The van der Waals surface area contributed by atoms with Gasteiger partial charge in [0.05, 0.1) is 37.1 Å². The normalized spacial score (nSPS) is 13.6. The van der Waals surface area contributed by atoms with Crippen LogP contribution in [0.1, 0.15) is 57.3 Å². The van der Waals surface area contributed by atoms with Gasteiger partial charge in [-0.2, -0.15) is 0 Å². The summed E-state index contributed by atoms with van der Waals surface area (Å²) in [4.78, 5) is 11.6. The maximum Gasteiger partial charge on any atom is 0.308 e. The van der Waals surface area contributed by atoms with Gasteiger partial charge in [0.1, 0.15) is 5.82 Å². The number of methoxy groups -OCH3 is 1. The number of ether oxygens (including phenoxy) is 1. The quantitative estimate of drug-likeness (QED) is 0.183. The van der Waals surface area contributed by atoms with E-state index in [0.29, 0.717) is 5.56 Å². The minimum atomic E-state index is -3.65. The van der Waals surface area contributed by atoms with Gasteiger partial charge in [-0.15, -0.1) is 0 Å². The van der Waals surface area contributed by atoms with E-state index in [9.17, 15) is 18.9 Å². The third kappa shape index (κ3) is 6.63. The zero-order valence-electron chi connectivity index (χ0n) is 22.7. The summed E-state index contributed by atoms with van der Waals surface area (Å²) in [7, 11) is -1.15. The molecule has 0 aliphatic carbocycles. The van der Waals surface area contributed by atoms with Crippen LogP contribution in [0.3, 0.4) is 0 Å². The predicted octanol–water partition coefficient (Wildman–Crippen LogP) is 6.82. The second kappa shape index (κ2) is 12.6. The smallest absolute Gasteiger partial charge is 0.308 e. The molecule has 2 atom stereocenters. The molecule has 0 aliphatic rings. The Balaban J connectivity index is 2.32. The molecule has 0 saturated heterocycles. The summed E-state index contributed by atoms with van der Waals surface area (Å²) in [6.45, 7) is 8.32. The topological polar surface area (TPSA) is 77.8 Å². The van der Waals surface area contributed by atoms with Gasteiger partial charge in [-0.3, -0.25) is 9.36 Å². The zero-order valence-corrected chi connectivity index (χ0v) is 23.6. The number of esters is 1. The van der Waals surface area contributed by atoms with Crippen molar-refractivity contribution in [3.05, 3.63) is 71.7 Å². The average molecular weight is 540 g/mol. The van der Waals surface area contributed by atoms with Crippen molar-refractivity contribution in [1.82, 2.24) is 4.57 Å². The average Bonchev–Trinajstić information content (AvgIpc) is 3.24. The number of aliphatic hydroxyl groups excluding tert-OH is 1. The first-order valence-electron chi connectivity index (χ1n) is 12.5. The molecule has 1 unspecified atom stereocenters. The van der Waals surface area contributed by atoms with Crippen LogP contribution < -0.4 is 0 Å². The molecule has 0 fully saturated rings. The summed E-state index contributed by atoms with van der Waals surface area (Å²) < 4.78 is 39.6. The molecule has 3 aromatic rings. The lowest BCUT2D eigenvalue weighted by Gasteiger charge is -2.20. The Morgan fingerprint density at radius 3 is 2.18 bits per heavy atom. The molecule has 3 rings (SSSR count). The second-order valence-electron chi connectivity index (χ2n) is 9.68. The van der Waals surface area contributed by atoms with Crippen LogP contribution in [-0.4, -0.2) is 42.1 Å². The molecule has 6 nitrogen and oxygen atoms in total. The second-order valence-corrected chi connectivity index (χ2v) is 12.0. The maximum atomic E-state index is 13.9.